The Hall–Kier alpha value is -1.07. The number of hydrogen-bond acceptors (Lipinski definition) is 4. The van der Waals surface area contributed by atoms with E-state index in [9.17, 15) is 8.42 Å². The first-order chi connectivity index (χ1) is 9.45. The predicted molar refractivity (Wildman–Crippen MR) is 85.1 cm³/mol. The normalized spacial score (nSPS) is 11.8. The van der Waals surface area contributed by atoms with Crippen molar-refractivity contribution in [2.75, 3.05) is 38.3 Å². The van der Waals surface area contributed by atoms with Crippen molar-refractivity contribution in [2.45, 2.75) is 31.1 Å². The Morgan fingerprint density at radius 3 is 2.30 bits per heavy atom. The van der Waals surface area contributed by atoms with E-state index in [4.69, 9.17) is 0 Å². The molecule has 0 spiro atoms. The van der Waals surface area contributed by atoms with Crippen LogP contribution in [0.2, 0.25) is 0 Å². The van der Waals surface area contributed by atoms with Crippen LogP contribution >= 0.6 is 0 Å². The number of unbranched alkanes of at least 4 members (excludes halogenated alkanes) is 1. The summed E-state index contributed by atoms with van der Waals surface area (Å²) in [6.07, 6.45) is 2.91. The van der Waals surface area contributed by atoms with Gasteiger partial charge in [0.2, 0.25) is 0 Å². The summed E-state index contributed by atoms with van der Waals surface area (Å²) in [5.41, 5.74) is 0.977. The molecule has 0 amide bonds. The third kappa shape index (κ3) is 5.92. The zero-order valence-corrected chi connectivity index (χ0v) is 13.5. The standard InChI is InChI=1S/C15H26N2O2S/c1-4-13-20(18,19)15-9-7-14(8-10-15)16-11-5-6-12-17(2)3/h7-10,16H,4-6,11-13H2,1-3H3. The first kappa shape index (κ1) is 17.0. The highest BCUT2D eigenvalue weighted by atomic mass is 32.2. The van der Waals surface area contributed by atoms with Crippen molar-refractivity contribution in [1.82, 2.24) is 4.90 Å². The van der Waals surface area contributed by atoms with Crippen molar-refractivity contribution >= 4 is 15.5 Å². The maximum absolute atomic E-state index is 11.9. The molecule has 1 aromatic rings. The van der Waals surface area contributed by atoms with Crippen LogP contribution in [-0.4, -0.2) is 46.3 Å². The number of sulfone groups is 1. The minimum Gasteiger partial charge on any atom is -0.385 e. The zero-order chi connectivity index (χ0) is 15.0. The molecule has 0 aromatic heterocycles. The van der Waals surface area contributed by atoms with Gasteiger partial charge in [0.05, 0.1) is 10.6 Å². The Labute approximate surface area is 123 Å². The fraction of sp³-hybridized carbons (Fsp3) is 0.600. The van der Waals surface area contributed by atoms with E-state index >= 15 is 0 Å². The average molecular weight is 298 g/mol. The van der Waals surface area contributed by atoms with Crippen molar-refractivity contribution in [2.24, 2.45) is 0 Å². The van der Waals surface area contributed by atoms with Gasteiger partial charge in [-0.25, -0.2) is 8.42 Å². The molecule has 20 heavy (non-hydrogen) atoms. The van der Waals surface area contributed by atoms with Gasteiger partial charge in [-0.2, -0.15) is 0 Å². The van der Waals surface area contributed by atoms with Crippen molar-refractivity contribution in [3.8, 4) is 0 Å². The van der Waals surface area contributed by atoms with E-state index < -0.39 is 9.84 Å². The fourth-order valence-corrected chi connectivity index (χ4v) is 3.28. The summed E-state index contributed by atoms with van der Waals surface area (Å²) in [5.74, 6) is 0.213. The highest BCUT2D eigenvalue weighted by Crippen LogP contribution is 2.16. The second-order valence-corrected chi connectivity index (χ2v) is 7.39. The van der Waals surface area contributed by atoms with Crippen molar-refractivity contribution in [3.63, 3.8) is 0 Å². The largest absolute Gasteiger partial charge is 0.385 e. The van der Waals surface area contributed by atoms with Gasteiger partial charge in [-0.15, -0.1) is 0 Å². The number of hydrogen-bond donors (Lipinski definition) is 1. The molecule has 5 heteroatoms. The summed E-state index contributed by atoms with van der Waals surface area (Å²) in [6, 6.07) is 7.06. The third-order valence-corrected chi connectivity index (χ3v) is 4.98. The number of rotatable bonds is 9. The molecule has 0 saturated carbocycles. The van der Waals surface area contributed by atoms with Crippen LogP contribution in [0.15, 0.2) is 29.2 Å². The molecule has 0 bridgehead atoms. The SMILES string of the molecule is CCCS(=O)(=O)c1ccc(NCCCCN(C)C)cc1. The molecule has 4 nitrogen and oxygen atoms in total. The highest BCUT2D eigenvalue weighted by Gasteiger charge is 2.12. The van der Waals surface area contributed by atoms with Crippen LogP contribution in [0.1, 0.15) is 26.2 Å². The molecule has 1 rings (SSSR count). The lowest BCUT2D eigenvalue weighted by molar-refractivity contribution is 0.396. The van der Waals surface area contributed by atoms with Gasteiger partial charge in [0.1, 0.15) is 0 Å². The predicted octanol–water partition coefficient (Wildman–Crippen LogP) is 2.62. The van der Waals surface area contributed by atoms with Crippen LogP contribution < -0.4 is 5.32 Å². The average Bonchev–Trinajstić information content (AvgIpc) is 2.38. The van der Waals surface area contributed by atoms with Gasteiger partial charge < -0.3 is 10.2 Å². The van der Waals surface area contributed by atoms with Gasteiger partial charge >= 0.3 is 0 Å². The van der Waals surface area contributed by atoms with Crippen LogP contribution in [0.25, 0.3) is 0 Å². The molecule has 114 valence electrons. The van der Waals surface area contributed by atoms with E-state index in [1.165, 1.54) is 0 Å². The quantitative estimate of drug-likeness (QED) is 0.712. The Morgan fingerprint density at radius 1 is 1.10 bits per heavy atom. The third-order valence-electron chi connectivity index (χ3n) is 3.05. The monoisotopic (exact) mass is 298 g/mol. The summed E-state index contributed by atoms with van der Waals surface area (Å²) in [4.78, 5) is 2.59. The van der Waals surface area contributed by atoms with E-state index in [1.54, 1.807) is 12.1 Å². The van der Waals surface area contributed by atoms with Crippen LogP contribution in [0.3, 0.4) is 0 Å². The smallest absolute Gasteiger partial charge is 0.178 e. The molecule has 0 fully saturated rings. The van der Waals surface area contributed by atoms with Gasteiger partial charge in [0.25, 0.3) is 0 Å². The highest BCUT2D eigenvalue weighted by molar-refractivity contribution is 7.91. The zero-order valence-electron chi connectivity index (χ0n) is 12.7. The summed E-state index contributed by atoms with van der Waals surface area (Å²) in [7, 11) is 1.05. The molecule has 0 saturated heterocycles. The first-order valence-corrected chi connectivity index (χ1v) is 8.82. The second-order valence-electron chi connectivity index (χ2n) is 5.28. The number of nitrogens with zero attached hydrogens (tertiary/aromatic N) is 1. The van der Waals surface area contributed by atoms with Crippen molar-refractivity contribution in [1.29, 1.82) is 0 Å². The van der Waals surface area contributed by atoms with Gasteiger partial charge in [0.15, 0.2) is 9.84 Å². The molecule has 0 atom stereocenters. The Kier molecular flexibility index (Phi) is 7.02. The van der Waals surface area contributed by atoms with E-state index in [-0.39, 0.29) is 5.75 Å². The second kappa shape index (κ2) is 8.27. The molecule has 0 aliphatic heterocycles. The lowest BCUT2D eigenvalue weighted by Crippen LogP contribution is -2.14. The van der Waals surface area contributed by atoms with Crippen LogP contribution in [0.4, 0.5) is 5.69 Å². The minimum atomic E-state index is -3.10. The van der Waals surface area contributed by atoms with Gasteiger partial charge in [-0.1, -0.05) is 6.92 Å². The molecular formula is C15H26N2O2S. The summed E-state index contributed by atoms with van der Waals surface area (Å²) >= 11 is 0. The van der Waals surface area contributed by atoms with Crippen LogP contribution in [0, 0.1) is 0 Å². The van der Waals surface area contributed by atoms with Gasteiger partial charge in [-0.3, -0.25) is 0 Å². The van der Waals surface area contributed by atoms with Crippen molar-refractivity contribution in [3.05, 3.63) is 24.3 Å². The fourth-order valence-electron chi connectivity index (χ4n) is 1.95. The number of benzene rings is 1. The Bertz CT molecular complexity index is 481. The topological polar surface area (TPSA) is 49.4 Å². The maximum atomic E-state index is 11.9. The minimum absolute atomic E-state index is 0.213. The van der Waals surface area contributed by atoms with E-state index in [2.05, 4.69) is 24.3 Å². The lowest BCUT2D eigenvalue weighted by atomic mass is 10.2. The van der Waals surface area contributed by atoms with Crippen LogP contribution in [0.5, 0.6) is 0 Å². The van der Waals surface area contributed by atoms with Gasteiger partial charge in [-0.05, 0) is 64.2 Å². The maximum Gasteiger partial charge on any atom is 0.178 e. The Balaban J connectivity index is 2.43. The lowest BCUT2D eigenvalue weighted by Gasteiger charge is -2.10. The molecule has 0 aliphatic rings. The molecule has 0 unspecified atom stereocenters. The molecule has 1 aromatic carbocycles. The van der Waals surface area contributed by atoms with Gasteiger partial charge in [0, 0.05) is 12.2 Å². The first-order valence-electron chi connectivity index (χ1n) is 7.17. The van der Waals surface area contributed by atoms with E-state index in [1.807, 2.05) is 19.1 Å². The molecule has 0 radical (unpaired) electrons. The molecule has 1 N–H and O–H groups in total. The molecule has 0 aliphatic carbocycles. The number of anilines is 1. The molecular weight excluding hydrogens is 272 g/mol. The summed E-state index contributed by atoms with van der Waals surface area (Å²) in [5, 5.41) is 3.32. The summed E-state index contributed by atoms with van der Waals surface area (Å²) < 4.78 is 23.8. The van der Waals surface area contributed by atoms with E-state index in [0.717, 1.165) is 31.6 Å². The number of nitrogens with one attached hydrogen (secondary N) is 1. The molecule has 0 heterocycles. The van der Waals surface area contributed by atoms with Crippen LogP contribution in [-0.2, 0) is 9.84 Å². The summed E-state index contributed by atoms with van der Waals surface area (Å²) in [6.45, 7) is 3.88. The Morgan fingerprint density at radius 2 is 1.75 bits per heavy atom. The van der Waals surface area contributed by atoms with E-state index in [0.29, 0.717) is 11.3 Å². The van der Waals surface area contributed by atoms with Crippen molar-refractivity contribution < 1.29 is 8.42 Å².